The molecule has 0 fully saturated rings. The minimum absolute atomic E-state index is 0.0607. The zero-order valence-electron chi connectivity index (χ0n) is 10.7. The number of rotatable bonds is 4. The number of ether oxygens (including phenoxy) is 1. The fraction of sp³-hybridized carbons (Fsp3) is 0.0714. The summed E-state index contributed by atoms with van der Waals surface area (Å²) in [6, 6.07) is 11.0. The van der Waals surface area contributed by atoms with Crippen molar-refractivity contribution in [3.63, 3.8) is 0 Å². The van der Waals surface area contributed by atoms with Crippen molar-refractivity contribution in [2.75, 3.05) is 0 Å². The zero-order chi connectivity index (χ0) is 14.7. The number of nitrogens with two attached hydrogens (primary N) is 1. The van der Waals surface area contributed by atoms with Crippen molar-refractivity contribution >= 4 is 11.6 Å². The number of aryl methyl sites for hydroxylation is 1. The van der Waals surface area contributed by atoms with E-state index in [2.05, 4.69) is 0 Å². The summed E-state index contributed by atoms with van der Waals surface area (Å²) in [4.78, 5) is 21.5. The minimum Gasteiger partial charge on any atom is -0.450 e. The monoisotopic (exact) mass is 272 g/mol. The summed E-state index contributed by atoms with van der Waals surface area (Å²) < 4.78 is 5.49. The molecule has 0 unspecified atom stereocenters. The van der Waals surface area contributed by atoms with Crippen LogP contribution in [0.3, 0.4) is 0 Å². The number of nitro benzene ring substituents is 1. The Balaban J connectivity index is 2.41. The smallest absolute Gasteiger partial charge is 0.312 e. The van der Waals surface area contributed by atoms with Gasteiger partial charge in [0.1, 0.15) is 5.75 Å². The molecule has 0 aliphatic rings. The average Bonchev–Trinajstić information content (AvgIpc) is 2.38. The summed E-state index contributed by atoms with van der Waals surface area (Å²) in [7, 11) is 0. The first kappa shape index (κ1) is 13.5. The molecule has 102 valence electrons. The third kappa shape index (κ3) is 2.92. The largest absolute Gasteiger partial charge is 0.450 e. The molecule has 0 radical (unpaired) electrons. The van der Waals surface area contributed by atoms with Crippen molar-refractivity contribution in [1.82, 2.24) is 0 Å². The van der Waals surface area contributed by atoms with Gasteiger partial charge in [-0.25, -0.2) is 0 Å². The van der Waals surface area contributed by atoms with Crippen LogP contribution in [0.1, 0.15) is 15.9 Å². The van der Waals surface area contributed by atoms with Crippen molar-refractivity contribution in [1.29, 1.82) is 0 Å². The molecule has 6 heteroatoms. The Morgan fingerprint density at radius 1 is 1.25 bits per heavy atom. The van der Waals surface area contributed by atoms with Crippen LogP contribution in [0, 0.1) is 17.0 Å². The topological polar surface area (TPSA) is 95.5 Å². The van der Waals surface area contributed by atoms with Gasteiger partial charge in [0, 0.05) is 11.6 Å². The van der Waals surface area contributed by atoms with E-state index in [1.165, 1.54) is 12.1 Å². The third-order valence-electron chi connectivity index (χ3n) is 2.66. The molecule has 0 saturated carbocycles. The average molecular weight is 272 g/mol. The third-order valence-corrected chi connectivity index (χ3v) is 2.66. The van der Waals surface area contributed by atoms with Gasteiger partial charge in [0.2, 0.25) is 11.7 Å². The van der Waals surface area contributed by atoms with Crippen LogP contribution >= 0.6 is 0 Å². The highest BCUT2D eigenvalue weighted by Crippen LogP contribution is 2.32. The summed E-state index contributed by atoms with van der Waals surface area (Å²) >= 11 is 0. The number of hydrogen-bond donors (Lipinski definition) is 1. The molecule has 6 nitrogen and oxygen atoms in total. The van der Waals surface area contributed by atoms with Gasteiger partial charge in [-0.15, -0.1) is 0 Å². The van der Waals surface area contributed by atoms with Gasteiger partial charge in [0.05, 0.1) is 4.92 Å². The van der Waals surface area contributed by atoms with Crippen molar-refractivity contribution in [2.45, 2.75) is 6.92 Å². The van der Waals surface area contributed by atoms with Crippen LogP contribution in [0.4, 0.5) is 5.69 Å². The Morgan fingerprint density at radius 3 is 2.60 bits per heavy atom. The number of carbonyl (C=O) groups is 1. The number of carbonyl (C=O) groups excluding carboxylic acids is 1. The number of primary amides is 1. The highest BCUT2D eigenvalue weighted by Gasteiger charge is 2.18. The summed E-state index contributed by atoms with van der Waals surface area (Å²) in [6.45, 7) is 1.89. The van der Waals surface area contributed by atoms with Crippen LogP contribution in [0.2, 0.25) is 0 Å². The van der Waals surface area contributed by atoms with Gasteiger partial charge in [-0.2, -0.15) is 0 Å². The Labute approximate surface area is 114 Å². The van der Waals surface area contributed by atoms with E-state index in [4.69, 9.17) is 10.5 Å². The van der Waals surface area contributed by atoms with Crippen molar-refractivity contribution in [3.05, 3.63) is 63.7 Å². The lowest BCUT2D eigenvalue weighted by atomic mass is 10.2. The van der Waals surface area contributed by atoms with Crippen molar-refractivity contribution in [3.8, 4) is 11.5 Å². The zero-order valence-corrected chi connectivity index (χ0v) is 10.7. The fourth-order valence-electron chi connectivity index (χ4n) is 1.71. The highest BCUT2D eigenvalue weighted by molar-refractivity contribution is 5.93. The second-order valence-corrected chi connectivity index (χ2v) is 4.22. The predicted molar refractivity (Wildman–Crippen MR) is 72.9 cm³/mol. The van der Waals surface area contributed by atoms with E-state index in [1.807, 2.05) is 13.0 Å². The second-order valence-electron chi connectivity index (χ2n) is 4.22. The van der Waals surface area contributed by atoms with Gasteiger partial charge in [0.15, 0.2) is 0 Å². The molecule has 0 aromatic heterocycles. The molecule has 2 N–H and O–H groups in total. The molecule has 0 atom stereocenters. The first-order valence-corrected chi connectivity index (χ1v) is 5.80. The van der Waals surface area contributed by atoms with Crippen molar-refractivity contribution < 1.29 is 14.5 Å². The molecule has 2 aromatic carbocycles. The molecular weight excluding hydrogens is 260 g/mol. The van der Waals surface area contributed by atoms with Crippen LogP contribution in [0.15, 0.2) is 42.5 Å². The lowest BCUT2D eigenvalue weighted by Crippen LogP contribution is -2.11. The lowest BCUT2D eigenvalue weighted by molar-refractivity contribution is -0.385. The molecule has 20 heavy (non-hydrogen) atoms. The van der Waals surface area contributed by atoms with E-state index >= 15 is 0 Å². The Bertz CT molecular complexity index is 683. The van der Waals surface area contributed by atoms with E-state index < -0.39 is 10.8 Å². The van der Waals surface area contributed by atoms with Crippen LogP contribution in [-0.4, -0.2) is 10.8 Å². The highest BCUT2D eigenvalue weighted by atomic mass is 16.6. The quantitative estimate of drug-likeness (QED) is 0.683. The molecule has 0 spiro atoms. The van der Waals surface area contributed by atoms with Crippen LogP contribution in [0.5, 0.6) is 11.5 Å². The van der Waals surface area contributed by atoms with Gasteiger partial charge in [-0.1, -0.05) is 12.1 Å². The summed E-state index contributed by atoms with van der Waals surface area (Å²) in [5.41, 5.74) is 5.83. The SMILES string of the molecule is Cc1cccc(Oc2ccc(C(N)=O)cc2[N+](=O)[O-])c1. The van der Waals surface area contributed by atoms with E-state index in [0.717, 1.165) is 11.6 Å². The number of amides is 1. The molecule has 0 aliphatic carbocycles. The maximum absolute atomic E-state index is 11.0. The number of nitro groups is 1. The fourth-order valence-corrected chi connectivity index (χ4v) is 1.71. The van der Waals surface area contributed by atoms with Gasteiger partial charge < -0.3 is 10.5 Å². The number of hydrogen-bond acceptors (Lipinski definition) is 4. The maximum atomic E-state index is 11.0. The molecule has 2 rings (SSSR count). The number of benzene rings is 2. The van der Waals surface area contributed by atoms with Crippen LogP contribution < -0.4 is 10.5 Å². The van der Waals surface area contributed by atoms with E-state index in [0.29, 0.717) is 5.75 Å². The normalized spacial score (nSPS) is 10.1. The van der Waals surface area contributed by atoms with Gasteiger partial charge >= 0.3 is 5.69 Å². The lowest BCUT2D eigenvalue weighted by Gasteiger charge is -2.07. The molecular formula is C14H12N2O4. The Hall–Kier alpha value is -2.89. The second kappa shape index (κ2) is 5.40. The first-order valence-electron chi connectivity index (χ1n) is 5.80. The molecule has 2 aromatic rings. The summed E-state index contributed by atoms with van der Waals surface area (Å²) in [5.74, 6) is -0.180. The molecule has 1 amide bonds. The van der Waals surface area contributed by atoms with Gasteiger partial charge in [0.25, 0.3) is 0 Å². The van der Waals surface area contributed by atoms with E-state index in [-0.39, 0.29) is 17.0 Å². The van der Waals surface area contributed by atoms with Crippen molar-refractivity contribution in [2.24, 2.45) is 5.73 Å². The van der Waals surface area contributed by atoms with Crippen LogP contribution in [0.25, 0.3) is 0 Å². The van der Waals surface area contributed by atoms with Gasteiger partial charge in [-0.3, -0.25) is 14.9 Å². The Morgan fingerprint density at radius 2 is 2.00 bits per heavy atom. The molecule has 0 saturated heterocycles. The minimum atomic E-state index is -0.727. The molecule has 0 heterocycles. The first-order chi connectivity index (χ1) is 9.47. The van der Waals surface area contributed by atoms with E-state index in [1.54, 1.807) is 18.2 Å². The van der Waals surface area contributed by atoms with Gasteiger partial charge in [-0.05, 0) is 36.8 Å². The Kier molecular flexibility index (Phi) is 3.65. The van der Waals surface area contributed by atoms with Crippen LogP contribution in [-0.2, 0) is 0 Å². The number of nitrogens with zero attached hydrogens (tertiary/aromatic N) is 1. The standard InChI is InChI=1S/C14H12N2O4/c1-9-3-2-4-11(7-9)20-13-6-5-10(14(15)17)8-12(13)16(18)19/h2-8H,1H3,(H2,15,17). The summed E-state index contributed by atoms with van der Waals surface area (Å²) in [5, 5.41) is 11.0. The van der Waals surface area contributed by atoms with E-state index in [9.17, 15) is 14.9 Å². The molecule has 0 aliphatic heterocycles. The maximum Gasteiger partial charge on any atom is 0.312 e. The molecule has 0 bridgehead atoms. The summed E-state index contributed by atoms with van der Waals surface area (Å²) in [6.07, 6.45) is 0. The predicted octanol–water partition coefficient (Wildman–Crippen LogP) is 2.79.